The van der Waals surface area contributed by atoms with Crippen molar-refractivity contribution < 1.29 is 14.3 Å². The summed E-state index contributed by atoms with van der Waals surface area (Å²) in [6.07, 6.45) is 1.97. The van der Waals surface area contributed by atoms with Gasteiger partial charge in [-0.05, 0) is 24.1 Å². The molecule has 1 aromatic heterocycles. The molecule has 0 saturated heterocycles. The first-order valence-electron chi connectivity index (χ1n) is 6.06. The first-order valence-corrected chi connectivity index (χ1v) is 6.88. The molecule has 0 unspecified atom stereocenters. The summed E-state index contributed by atoms with van der Waals surface area (Å²) >= 11 is 1.18. The number of aromatic carboxylic acids is 1. The van der Waals surface area contributed by atoms with Gasteiger partial charge in [0, 0.05) is 6.42 Å². The van der Waals surface area contributed by atoms with Crippen molar-refractivity contribution in [1.82, 2.24) is 4.98 Å². The monoisotopic (exact) mass is 279 g/mol. The Labute approximate surface area is 114 Å². The highest BCUT2D eigenvalue weighted by molar-refractivity contribution is 7.13. The third-order valence-electron chi connectivity index (χ3n) is 2.67. The number of carbonyl (C=O) groups is 1. The van der Waals surface area contributed by atoms with Gasteiger partial charge in [-0.1, -0.05) is 25.5 Å². The van der Waals surface area contributed by atoms with Crippen molar-refractivity contribution >= 4 is 17.3 Å². The van der Waals surface area contributed by atoms with Crippen molar-refractivity contribution in [3.05, 3.63) is 51.2 Å². The fourth-order valence-corrected chi connectivity index (χ4v) is 2.85. The van der Waals surface area contributed by atoms with Gasteiger partial charge in [0.05, 0.1) is 10.7 Å². The van der Waals surface area contributed by atoms with Gasteiger partial charge in [-0.25, -0.2) is 14.2 Å². The Morgan fingerprint density at radius 2 is 2.26 bits per heavy atom. The van der Waals surface area contributed by atoms with E-state index in [0.29, 0.717) is 28.4 Å². The highest BCUT2D eigenvalue weighted by Gasteiger charge is 2.16. The summed E-state index contributed by atoms with van der Waals surface area (Å²) in [6, 6.07) is 6.28. The van der Waals surface area contributed by atoms with Gasteiger partial charge in [-0.3, -0.25) is 0 Å². The predicted octanol–water partition coefficient (Wildman–Crippen LogP) is 3.52. The third-order valence-corrected chi connectivity index (χ3v) is 3.75. The summed E-state index contributed by atoms with van der Waals surface area (Å²) < 4.78 is 13.1. The van der Waals surface area contributed by atoms with E-state index in [1.165, 1.54) is 23.5 Å². The first-order chi connectivity index (χ1) is 9.10. The number of thiazole rings is 1. The normalized spacial score (nSPS) is 10.6. The van der Waals surface area contributed by atoms with Gasteiger partial charge in [0.15, 0.2) is 0 Å². The van der Waals surface area contributed by atoms with Crippen molar-refractivity contribution in [2.24, 2.45) is 0 Å². The van der Waals surface area contributed by atoms with Gasteiger partial charge >= 0.3 is 5.97 Å². The zero-order valence-corrected chi connectivity index (χ0v) is 11.3. The number of hydrogen-bond acceptors (Lipinski definition) is 3. The van der Waals surface area contributed by atoms with Gasteiger partial charge in [0.2, 0.25) is 0 Å². The van der Waals surface area contributed by atoms with Crippen LogP contribution >= 0.6 is 11.3 Å². The van der Waals surface area contributed by atoms with Crippen LogP contribution in [0.5, 0.6) is 0 Å². The molecule has 0 spiro atoms. The number of aromatic nitrogens is 1. The molecule has 0 bridgehead atoms. The topological polar surface area (TPSA) is 50.2 Å². The van der Waals surface area contributed by atoms with Gasteiger partial charge in [0.1, 0.15) is 10.7 Å². The van der Waals surface area contributed by atoms with E-state index in [9.17, 15) is 9.18 Å². The second-order valence-electron chi connectivity index (χ2n) is 4.25. The molecule has 1 aromatic carbocycles. The zero-order valence-electron chi connectivity index (χ0n) is 10.5. The van der Waals surface area contributed by atoms with Crippen LogP contribution in [0.15, 0.2) is 24.3 Å². The van der Waals surface area contributed by atoms with Crippen LogP contribution in [0.3, 0.4) is 0 Å². The van der Waals surface area contributed by atoms with Crippen LogP contribution in [0.2, 0.25) is 0 Å². The van der Waals surface area contributed by atoms with Crippen molar-refractivity contribution in [1.29, 1.82) is 0 Å². The minimum atomic E-state index is -0.938. The highest BCUT2D eigenvalue weighted by atomic mass is 32.1. The molecule has 0 fully saturated rings. The lowest BCUT2D eigenvalue weighted by molar-refractivity contribution is 0.0700. The minimum Gasteiger partial charge on any atom is -0.477 e. The number of hydrogen-bond donors (Lipinski definition) is 1. The maximum absolute atomic E-state index is 13.1. The zero-order chi connectivity index (χ0) is 13.8. The largest absolute Gasteiger partial charge is 0.477 e. The highest BCUT2D eigenvalue weighted by Crippen LogP contribution is 2.22. The third kappa shape index (κ3) is 3.38. The fraction of sp³-hybridized carbons (Fsp3) is 0.286. The van der Waals surface area contributed by atoms with Crippen molar-refractivity contribution in [2.45, 2.75) is 26.2 Å². The average Bonchev–Trinajstić information content (AvgIpc) is 2.73. The van der Waals surface area contributed by atoms with Crippen LogP contribution in [0.4, 0.5) is 4.39 Å². The molecular formula is C14H14FNO2S. The van der Waals surface area contributed by atoms with Gasteiger partial charge in [-0.15, -0.1) is 11.3 Å². The van der Waals surface area contributed by atoms with E-state index in [1.807, 2.05) is 13.0 Å². The summed E-state index contributed by atoms with van der Waals surface area (Å²) in [5.74, 6) is -1.23. The van der Waals surface area contributed by atoms with E-state index in [1.54, 1.807) is 6.07 Å². The average molecular weight is 279 g/mol. The molecule has 0 amide bonds. The maximum Gasteiger partial charge on any atom is 0.347 e. The van der Waals surface area contributed by atoms with Crippen molar-refractivity contribution in [2.75, 3.05) is 0 Å². The molecule has 5 heteroatoms. The van der Waals surface area contributed by atoms with Crippen molar-refractivity contribution in [3.8, 4) is 0 Å². The second kappa shape index (κ2) is 5.93. The summed E-state index contributed by atoms with van der Waals surface area (Å²) in [5.41, 5.74) is 1.43. The summed E-state index contributed by atoms with van der Waals surface area (Å²) in [7, 11) is 0. The summed E-state index contributed by atoms with van der Waals surface area (Å²) in [6.45, 7) is 1.98. The van der Waals surface area contributed by atoms with Crippen LogP contribution in [0.1, 0.15) is 39.3 Å². The van der Waals surface area contributed by atoms with Crippen molar-refractivity contribution in [3.63, 3.8) is 0 Å². The van der Waals surface area contributed by atoms with E-state index in [0.717, 1.165) is 12.0 Å². The molecule has 2 rings (SSSR count). The van der Waals surface area contributed by atoms with E-state index in [4.69, 9.17) is 5.11 Å². The first kappa shape index (κ1) is 13.7. The molecule has 0 atom stereocenters. The lowest BCUT2D eigenvalue weighted by atomic mass is 10.1. The number of nitrogens with zero attached hydrogens (tertiary/aromatic N) is 1. The molecule has 2 aromatic rings. The molecule has 0 radical (unpaired) electrons. The minimum absolute atomic E-state index is 0.290. The number of benzene rings is 1. The second-order valence-corrected chi connectivity index (χ2v) is 5.33. The number of aryl methyl sites for hydroxylation is 1. The Bertz CT molecular complexity index is 595. The Balaban J connectivity index is 2.25. The molecular weight excluding hydrogens is 265 g/mol. The van der Waals surface area contributed by atoms with Crippen LogP contribution < -0.4 is 0 Å². The number of carboxylic acids is 1. The van der Waals surface area contributed by atoms with Crippen LogP contribution in [-0.4, -0.2) is 16.1 Å². The number of carboxylic acid groups (broad SMARTS) is 1. The predicted molar refractivity (Wildman–Crippen MR) is 72.3 cm³/mol. The molecule has 19 heavy (non-hydrogen) atoms. The Morgan fingerprint density at radius 1 is 1.47 bits per heavy atom. The van der Waals surface area contributed by atoms with Crippen LogP contribution in [-0.2, 0) is 12.8 Å². The quantitative estimate of drug-likeness (QED) is 0.911. The molecule has 0 aliphatic carbocycles. The summed E-state index contributed by atoms with van der Waals surface area (Å²) in [4.78, 5) is 15.8. The van der Waals surface area contributed by atoms with Crippen LogP contribution in [0, 0.1) is 5.82 Å². The molecule has 0 aliphatic rings. The molecule has 1 heterocycles. The molecule has 1 N–H and O–H groups in total. The van der Waals surface area contributed by atoms with Gasteiger partial charge in [-0.2, -0.15) is 0 Å². The lowest BCUT2D eigenvalue weighted by Crippen LogP contribution is -1.98. The smallest absolute Gasteiger partial charge is 0.347 e. The molecule has 0 aliphatic heterocycles. The maximum atomic E-state index is 13.1. The van der Waals surface area contributed by atoms with Crippen LogP contribution in [0.25, 0.3) is 0 Å². The lowest BCUT2D eigenvalue weighted by Gasteiger charge is -1.97. The van der Waals surface area contributed by atoms with E-state index in [2.05, 4.69) is 4.98 Å². The van der Waals surface area contributed by atoms with Gasteiger partial charge < -0.3 is 5.11 Å². The Hall–Kier alpha value is -1.75. The molecule has 100 valence electrons. The Morgan fingerprint density at radius 3 is 2.89 bits per heavy atom. The van der Waals surface area contributed by atoms with E-state index in [-0.39, 0.29) is 5.82 Å². The Kier molecular flexibility index (Phi) is 4.27. The summed E-state index contributed by atoms with van der Waals surface area (Å²) in [5, 5.41) is 9.84. The van der Waals surface area contributed by atoms with E-state index >= 15 is 0 Å². The van der Waals surface area contributed by atoms with E-state index < -0.39 is 5.97 Å². The fourth-order valence-electron chi connectivity index (χ4n) is 1.87. The standard InChI is InChI=1S/C14H14FNO2S/c1-2-4-11-13(14(17)18)19-12(16-11)8-9-5-3-6-10(15)7-9/h3,5-7H,2,4,8H2,1H3,(H,17,18). The number of halogens is 1. The number of rotatable bonds is 5. The SMILES string of the molecule is CCCc1nc(Cc2cccc(F)c2)sc1C(=O)O. The van der Waals surface area contributed by atoms with Gasteiger partial charge in [0.25, 0.3) is 0 Å². The molecule has 0 saturated carbocycles. The molecule has 3 nitrogen and oxygen atoms in total.